The molecule has 4 unspecified atom stereocenters. The van der Waals surface area contributed by atoms with Gasteiger partial charge in [0.05, 0.1) is 25.6 Å². The number of nitrogens with two attached hydrogens (primary N) is 1. The Labute approximate surface area is 192 Å². The second-order valence-electron chi connectivity index (χ2n) is 7.60. The molecule has 1 aliphatic rings. The van der Waals surface area contributed by atoms with Crippen LogP contribution in [0.1, 0.15) is 11.9 Å². The number of rotatable bonds is 6. The van der Waals surface area contributed by atoms with Crippen LogP contribution in [-0.2, 0) is 4.74 Å². The van der Waals surface area contributed by atoms with E-state index in [-0.39, 0.29) is 22.9 Å². The number of nitrogens with zero attached hydrogens (tertiary/aromatic N) is 6. The van der Waals surface area contributed by atoms with E-state index in [2.05, 4.69) is 30.5 Å². The van der Waals surface area contributed by atoms with Gasteiger partial charge in [-0.05, 0) is 12.1 Å². The standard InChI is InChI=1S/C21H22N8O5/c1-33-12-4-2-3-10-5-6-11(26-14(10)12)7-25-28-21-27-15-18(22)23-9-24-19(15)29(21)20-17(32)16(31)13(8-30)34-20/h2-7,9,13,16-17,20,30-32H,8H2,1H3,(H,27,28)(H2,22,23,24). The van der Waals surface area contributed by atoms with Gasteiger partial charge in [-0.1, -0.05) is 18.2 Å². The van der Waals surface area contributed by atoms with Crippen LogP contribution in [0, 0.1) is 0 Å². The smallest absolute Gasteiger partial charge is 0.228 e. The third-order valence-corrected chi connectivity index (χ3v) is 5.56. The number of benzene rings is 1. The molecular formula is C21H22N8O5. The van der Waals surface area contributed by atoms with Crippen LogP contribution < -0.4 is 15.9 Å². The molecule has 3 aromatic heterocycles. The number of pyridine rings is 1. The number of nitrogens with one attached hydrogen (secondary N) is 1. The summed E-state index contributed by atoms with van der Waals surface area (Å²) < 4.78 is 12.4. The lowest BCUT2D eigenvalue weighted by Gasteiger charge is -2.18. The Kier molecular flexibility index (Phi) is 5.67. The first-order valence-corrected chi connectivity index (χ1v) is 10.4. The van der Waals surface area contributed by atoms with E-state index >= 15 is 0 Å². The van der Waals surface area contributed by atoms with Crippen molar-refractivity contribution in [1.29, 1.82) is 0 Å². The number of aliphatic hydroxyl groups excluding tert-OH is 3. The molecule has 1 aliphatic heterocycles. The van der Waals surface area contributed by atoms with Gasteiger partial charge in [0.2, 0.25) is 5.95 Å². The fourth-order valence-electron chi connectivity index (χ4n) is 3.87. The maximum atomic E-state index is 10.5. The minimum absolute atomic E-state index is 0.116. The molecule has 0 bridgehead atoms. The third kappa shape index (κ3) is 3.66. The van der Waals surface area contributed by atoms with Gasteiger partial charge in [0.1, 0.15) is 35.9 Å². The maximum Gasteiger partial charge on any atom is 0.228 e. The van der Waals surface area contributed by atoms with Gasteiger partial charge in [-0.3, -0.25) is 4.57 Å². The summed E-state index contributed by atoms with van der Waals surface area (Å²) >= 11 is 0. The highest BCUT2D eigenvalue weighted by molar-refractivity contribution is 5.89. The summed E-state index contributed by atoms with van der Waals surface area (Å²) in [5.41, 5.74) is 10.5. The van der Waals surface area contributed by atoms with Gasteiger partial charge < -0.3 is 30.5 Å². The fraction of sp³-hybridized carbons (Fsp3) is 0.286. The van der Waals surface area contributed by atoms with Crippen LogP contribution in [0.3, 0.4) is 0 Å². The van der Waals surface area contributed by atoms with Gasteiger partial charge in [0, 0.05) is 5.39 Å². The van der Waals surface area contributed by atoms with E-state index in [4.69, 9.17) is 15.2 Å². The molecule has 1 aromatic carbocycles. The van der Waals surface area contributed by atoms with E-state index in [0.717, 1.165) is 5.39 Å². The van der Waals surface area contributed by atoms with Crippen molar-refractivity contribution in [3.05, 3.63) is 42.4 Å². The molecule has 6 N–H and O–H groups in total. The summed E-state index contributed by atoms with van der Waals surface area (Å²) in [5.74, 6) is 0.887. The zero-order valence-corrected chi connectivity index (χ0v) is 18.0. The van der Waals surface area contributed by atoms with Crippen LogP contribution in [0.15, 0.2) is 41.8 Å². The van der Waals surface area contributed by atoms with Crippen molar-refractivity contribution in [3.8, 4) is 5.75 Å². The lowest BCUT2D eigenvalue weighted by atomic mass is 10.1. The molecular weight excluding hydrogens is 444 g/mol. The number of imidazole rings is 1. The topological polar surface area (TPSA) is 186 Å². The predicted octanol–water partition coefficient (Wildman–Crippen LogP) is 0.0228. The molecule has 0 amide bonds. The minimum Gasteiger partial charge on any atom is -0.494 e. The van der Waals surface area contributed by atoms with Gasteiger partial charge in [0.25, 0.3) is 0 Å². The van der Waals surface area contributed by atoms with Gasteiger partial charge in [0.15, 0.2) is 23.2 Å². The summed E-state index contributed by atoms with van der Waals surface area (Å²) in [6.07, 6.45) is -2.01. The number of ether oxygens (including phenoxy) is 2. The lowest BCUT2D eigenvalue weighted by Crippen LogP contribution is -2.33. The number of hydrogen-bond acceptors (Lipinski definition) is 12. The minimum atomic E-state index is -1.36. The maximum absolute atomic E-state index is 10.5. The van der Waals surface area contributed by atoms with Crippen molar-refractivity contribution in [3.63, 3.8) is 0 Å². The molecule has 13 heteroatoms. The van der Waals surface area contributed by atoms with Crippen LogP contribution in [0.5, 0.6) is 5.75 Å². The number of nitrogen functional groups attached to an aromatic ring is 1. The molecule has 1 saturated heterocycles. The second kappa shape index (κ2) is 8.79. The molecule has 13 nitrogen and oxygen atoms in total. The van der Waals surface area contributed by atoms with Crippen LogP contribution in [-0.4, -0.2) is 78.1 Å². The van der Waals surface area contributed by atoms with Gasteiger partial charge >= 0.3 is 0 Å². The van der Waals surface area contributed by atoms with E-state index in [0.29, 0.717) is 17.0 Å². The molecule has 4 atom stereocenters. The summed E-state index contributed by atoms with van der Waals surface area (Å²) in [4.78, 5) is 17.1. The number of methoxy groups -OCH3 is 1. The molecule has 0 saturated carbocycles. The number of aromatic nitrogens is 5. The molecule has 4 aromatic rings. The quantitative estimate of drug-likeness (QED) is 0.190. The molecule has 5 rings (SSSR count). The van der Waals surface area contributed by atoms with Crippen LogP contribution in [0.4, 0.5) is 11.8 Å². The number of anilines is 2. The Balaban J connectivity index is 1.50. The van der Waals surface area contributed by atoms with E-state index in [1.165, 1.54) is 17.1 Å². The van der Waals surface area contributed by atoms with Gasteiger partial charge in [-0.2, -0.15) is 5.10 Å². The number of para-hydroxylation sites is 1. The summed E-state index contributed by atoms with van der Waals surface area (Å²) in [7, 11) is 1.58. The van der Waals surface area contributed by atoms with E-state index in [1.54, 1.807) is 13.2 Å². The molecule has 34 heavy (non-hydrogen) atoms. The van der Waals surface area contributed by atoms with Gasteiger partial charge in [-0.15, -0.1) is 0 Å². The first-order chi connectivity index (χ1) is 16.5. The second-order valence-corrected chi connectivity index (χ2v) is 7.60. The van der Waals surface area contributed by atoms with E-state index in [9.17, 15) is 15.3 Å². The van der Waals surface area contributed by atoms with Crippen molar-refractivity contribution in [2.75, 3.05) is 24.9 Å². The highest BCUT2D eigenvalue weighted by atomic mass is 16.6. The Morgan fingerprint density at radius 3 is 2.79 bits per heavy atom. The Hall–Kier alpha value is -3.91. The zero-order chi connectivity index (χ0) is 23.8. The zero-order valence-electron chi connectivity index (χ0n) is 18.0. The molecule has 0 radical (unpaired) electrons. The monoisotopic (exact) mass is 466 g/mol. The first kappa shape index (κ1) is 21.9. The largest absolute Gasteiger partial charge is 0.494 e. The third-order valence-electron chi connectivity index (χ3n) is 5.56. The summed E-state index contributed by atoms with van der Waals surface area (Å²) in [6, 6.07) is 9.33. The van der Waals surface area contributed by atoms with Crippen molar-refractivity contribution >= 4 is 40.0 Å². The molecule has 0 aliphatic carbocycles. The van der Waals surface area contributed by atoms with Gasteiger partial charge in [-0.25, -0.2) is 25.4 Å². The average molecular weight is 466 g/mol. The summed E-state index contributed by atoms with van der Waals surface area (Å²) in [6.45, 7) is -0.476. The molecule has 176 valence electrons. The summed E-state index contributed by atoms with van der Waals surface area (Å²) in [5, 5.41) is 35.3. The van der Waals surface area contributed by atoms with Crippen molar-refractivity contribution < 1.29 is 24.8 Å². The average Bonchev–Trinajstić information content (AvgIpc) is 3.36. The molecule has 1 fully saturated rings. The predicted molar refractivity (Wildman–Crippen MR) is 122 cm³/mol. The Morgan fingerprint density at radius 1 is 1.18 bits per heavy atom. The fourth-order valence-corrected chi connectivity index (χ4v) is 3.87. The number of fused-ring (bicyclic) bond motifs is 2. The Morgan fingerprint density at radius 2 is 2.03 bits per heavy atom. The lowest BCUT2D eigenvalue weighted by molar-refractivity contribution is -0.0501. The van der Waals surface area contributed by atoms with E-state index in [1.807, 2.05) is 24.3 Å². The van der Waals surface area contributed by atoms with Crippen LogP contribution >= 0.6 is 0 Å². The number of hydrazone groups is 1. The van der Waals surface area contributed by atoms with Crippen molar-refractivity contribution in [2.24, 2.45) is 5.10 Å². The normalized spacial score (nSPS) is 22.7. The number of hydrogen-bond donors (Lipinski definition) is 5. The van der Waals surface area contributed by atoms with Crippen molar-refractivity contribution in [2.45, 2.75) is 24.5 Å². The molecule has 4 heterocycles. The highest BCUT2D eigenvalue weighted by Crippen LogP contribution is 2.35. The van der Waals surface area contributed by atoms with E-state index < -0.39 is 31.1 Å². The van der Waals surface area contributed by atoms with Crippen molar-refractivity contribution in [1.82, 2.24) is 24.5 Å². The SMILES string of the molecule is COc1cccc2ccc(C=NNc3nc4c(N)ncnc4n3C3OC(CO)C(O)C3O)nc12. The Bertz CT molecular complexity index is 1380. The molecule has 0 spiro atoms. The number of aliphatic hydroxyl groups is 3. The highest BCUT2D eigenvalue weighted by Gasteiger charge is 2.45. The van der Waals surface area contributed by atoms with Crippen LogP contribution in [0.2, 0.25) is 0 Å². The first-order valence-electron chi connectivity index (χ1n) is 10.4. The van der Waals surface area contributed by atoms with Crippen LogP contribution in [0.25, 0.3) is 22.1 Å².